The molecule has 0 spiro atoms. The van der Waals surface area contributed by atoms with Crippen LogP contribution in [0.4, 0.5) is 0 Å². The van der Waals surface area contributed by atoms with Gasteiger partial charge in [0.15, 0.2) is 0 Å². The lowest BCUT2D eigenvalue weighted by Crippen LogP contribution is -2.21. The van der Waals surface area contributed by atoms with Gasteiger partial charge in [-0.2, -0.15) is 0 Å². The number of carbonyl (C=O) groups is 1. The van der Waals surface area contributed by atoms with Crippen LogP contribution in [0, 0.1) is 0 Å². The molecule has 0 bridgehead atoms. The van der Waals surface area contributed by atoms with Gasteiger partial charge in [0, 0.05) is 10.0 Å². The van der Waals surface area contributed by atoms with Crippen molar-refractivity contribution in [1.82, 2.24) is 0 Å². The first kappa shape index (κ1) is 11.3. The summed E-state index contributed by atoms with van der Waals surface area (Å²) in [5.74, 6) is -0.312. The van der Waals surface area contributed by atoms with Crippen LogP contribution in [0.1, 0.15) is 5.56 Å². The molecule has 0 unspecified atom stereocenters. The van der Waals surface area contributed by atoms with E-state index in [9.17, 15) is 4.79 Å². The molecule has 2 rings (SSSR count). The zero-order valence-electron chi connectivity index (χ0n) is 8.20. The Kier molecular flexibility index (Phi) is 3.36. The lowest BCUT2D eigenvalue weighted by Gasteiger charge is -2.15. The molecule has 5 heteroatoms. The smallest absolute Gasteiger partial charge is 0.373 e. The first-order chi connectivity index (χ1) is 7.66. The van der Waals surface area contributed by atoms with Gasteiger partial charge < -0.3 is 9.47 Å². The highest BCUT2D eigenvalue weighted by Gasteiger charge is 2.18. The molecule has 1 aromatic rings. The second-order valence-electron chi connectivity index (χ2n) is 3.16. The first-order valence-corrected chi connectivity index (χ1v) is 5.39. The van der Waals surface area contributed by atoms with Crippen molar-refractivity contribution in [2.45, 2.75) is 0 Å². The molecular weight excluding hydrogens is 251 g/mol. The maximum atomic E-state index is 11.3. The number of ether oxygens (including phenoxy) is 2. The van der Waals surface area contributed by atoms with Gasteiger partial charge in [0.05, 0.1) is 0 Å². The minimum Gasteiger partial charge on any atom is -0.483 e. The fourth-order valence-corrected chi connectivity index (χ4v) is 1.74. The number of benzene rings is 1. The van der Waals surface area contributed by atoms with Gasteiger partial charge in [-0.15, -0.1) is 0 Å². The van der Waals surface area contributed by atoms with Crippen molar-refractivity contribution in [2.75, 3.05) is 13.2 Å². The van der Waals surface area contributed by atoms with Crippen molar-refractivity contribution >= 4 is 35.2 Å². The highest BCUT2D eigenvalue weighted by atomic mass is 35.5. The monoisotopic (exact) mass is 258 g/mol. The summed E-state index contributed by atoms with van der Waals surface area (Å²) in [4.78, 5) is 11.3. The molecule has 1 aliphatic heterocycles. The molecule has 0 aliphatic carbocycles. The van der Waals surface area contributed by atoms with Crippen molar-refractivity contribution in [2.24, 2.45) is 0 Å². The molecular formula is C11H8Cl2O3. The molecule has 1 aromatic carbocycles. The maximum absolute atomic E-state index is 11.3. The van der Waals surface area contributed by atoms with Gasteiger partial charge >= 0.3 is 5.97 Å². The van der Waals surface area contributed by atoms with E-state index in [-0.39, 0.29) is 12.4 Å². The third kappa shape index (κ3) is 2.49. The lowest BCUT2D eigenvalue weighted by atomic mass is 10.2. The van der Waals surface area contributed by atoms with Crippen LogP contribution in [0.2, 0.25) is 10.0 Å². The predicted octanol–water partition coefficient (Wildman–Crippen LogP) is 2.91. The summed E-state index contributed by atoms with van der Waals surface area (Å²) in [6, 6.07) is 5.00. The number of esters is 1. The SMILES string of the molecule is O=C1OCCO/C1=C\c1ccc(Cl)cc1Cl. The van der Waals surface area contributed by atoms with E-state index in [4.69, 9.17) is 32.7 Å². The highest BCUT2D eigenvalue weighted by Crippen LogP contribution is 2.24. The predicted molar refractivity (Wildman–Crippen MR) is 61.4 cm³/mol. The Morgan fingerprint density at radius 1 is 1.19 bits per heavy atom. The average molecular weight is 259 g/mol. The van der Waals surface area contributed by atoms with E-state index in [0.29, 0.717) is 22.2 Å². The van der Waals surface area contributed by atoms with E-state index in [1.807, 2.05) is 0 Å². The van der Waals surface area contributed by atoms with Crippen LogP contribution in [0.15, 0.2) is 24.0 Å². The van der Waals surface area contributed by atoms with Gasteiger partial charge in [-0.05, 0) is 23.8 Å². The largest absolute Gasteiger partial charge is 0.483 e. The van der Waals surface area contributed by atoms with Crippen LogP contribution in [-0.2, 0) is 14.3 Å². The highest BCUT2D eigenvalue weighted by molar-refractivity contribution is 6.35. The van der Waals surface area contributed by atoms with Crippen LogP contribution in [0.25, 0.3) is 6.08 Å². The van der Waals surface area contributed by atoms with Crippen molar-refractivity contribution in [3.8, 4) is 0 Å². The van der Waals surface area contributed by atoms with Gasteiger partial charge in [0.2, 0.25) is 5.76 Å². The van der Waals surface area contributed by atoms with Gasteiger partial charge in [-0.3, -0.25) is 0 Å². The van der Waals surface area contributed by atoms with Crippen LogP contribution >= 0.6 is 23.2 Å². The van der Waals surface area contributed by atoms with Gasteiger partial charge in [-0.1, -0.05) is 29.3 Å². The van der Waals surface area contributed by atoms with Crippen LogP contribution in [0.5, 0.6) is 0 Å². The molecule has 3 nitrogen and oxygen atoms in total. The van der Waals surface area contributed by atoms with Crippen LogP contribution in [-0.4, -0.2) is 19.2 Å². The van der Waals surface area contributed by atoms with Gasteiger partial charge in [0.1, 0.15) is 13.2 Å². The third-order valence-corrected chi connectivity index (χ3v) is 2.59. The minimum atomic E-state index is -0.475. The summed E-state index contributed by atoms with van der Waals surface area (Å²) in [5.41, 5.74) is 0.667. The van der Waals surface area contributed by atoms with Crippen molar-refractivity contribution < 1.29 is 14.3 Å². The molecule has 0 saturated carbocycles. The number of rotatable bonds is 1. The molecule has 84 valence electrons. The van der Waals surface area contributed by atoms with Crippen LogP contribution < -0.4 is 0 Å². The standard InChI is InChI=1S/C11H8Cl2O3/c12-8-2-1-7(9(13)6-8)5-10-11(14)16-4-3-15-10/h1-2,5-6H,3-4H2/b10-5-. The summed E-state index contributed by atoms with van der Waals surface area (Å²) in [6.45, 7) is 0.646. The Balaban J connectivity index is 2.30. The number of hydrogen-bond donors (Lipinski definition) is 0. The van der Waals surface area contributed by atoms with E-state index in [0.717, 1.165) is 0 Å². The van der Waals surface area contributed by atoms with Crippen molar-refractivity contribution in [3.05, 3.63) is 39.6 Å². The van der Waals surface area contributed by atoms with E-state index < -0.39 is 5.97 Å². The molecule has 0 N–H and O–H groups in total. The topological polar surface area (TPSA) is 35.5 Å². The Labute approximate surface area is 103 Å². The normalized spacial score (nSPS) is 18.1. The molecule has 1 saturated heterocycles. The van der Waals surface area contributed by atoms with Crippen molar-refractivity contribution in [3.63, 3.8) is 0 Å². The maximum Gasteiger partial charge on any atom is 0.373 e. The molecule has 1 aliphatic rings. The van der Waals surface area contributed by atoms with Gasteiger partial charge in [-0.25, -0.2) is 4.79 Å². The summed E-state index contributed by atoms with van der Waals surface area (Å²) < 4.78 is 10.00. The zero-order valence-corrected chi connectivity index (χ0v) is 9.72. The lowest BCUT2D eigenvalue weighted by molar-refractivity contribution is -0.150. The second-order valence-corrected chi connectivity index (χ2v) is 4.00. The summed E-state index contributed by atoms with van der Waals surface area (Å²) >= 11 is 11.7. The number of cyclic esters (lactones) is 1. The number of carbonyl (C=O) groups excluding carboxylic acids is 1. The molecule has 1 heterocycles. The molecule has 0 atom stereocenters. The summed E-state index contributed by atoms with van der Waals surface area (Å²) in [5, 5.41) is 1.00. The van der Waals surface area contributed by atoms with E-state index in [1.54, 1.807) is 24.3 Å². The summed E-state index contributed by atoms with van der Waals surface area (Å²) in [6.07, 6.45) is 1.54. The first-order valence-electron chi connectivity index (χ1n) is 4.63. The average Bonchev–Trinajstić information content (AvgIpc) is 2.25. The zero-order chi connectivity index (χ0) is 11.5. The van der Waals surface area contributed by atoms with E-state index >= 15 is 0 Å². The molecule has 0 radical (unpaired) electrons. The van der Waals surface area contributed by atoms with E-state index in [1.165, 1.54) is 0 Å². The molecule has 0 amide bonds. The Hall–Kier alpha value is -1.19. The number of hydrogen-bond acceptors (Lipinski definition) is 3. The van der Waals surface area contributed by atoms with E-state index in [2.05, 4.69) is 0 Å². The fourth-order valence-electron chi connectivity index (χ4n) is 1.28. The minimum absolute atomic E-state index is 0.162. The Bertz CT molecular complexity index is 455. The molecule has 1 fully saturated rings. The van der Waals surface area contributed by atoms with Crippen molar-refractivity contribution in [1.29, 1.82) is 0 Å². The second kappa shape index (κ2) is 4.76. The molecule has 0 aromatic heterocycles. The molecule has 16 heavy (non-hydrogen) atoms. The third-order valence-electron chi connectivity index (χ3n) is 2.02. The number of halogens is 2. The quantitative estimate of drug-likeness (QED) is 0.574. The van der Waals surface area contributed by atoms with Crippen LogP contribution in [0.3, 0.4) is 0 Å². The van der Waals surface area contributed by atoms with Gasteiger partial charge in [0.25, 0.3) is 0 Å². The fraction of sp³-hybridized carbons (Fsp3) is 0.182. The Morgan fingerprint density at radius 2 is 1.94 bits per heavy atom. The Morgan fingerprint density at radius 3 is 2.62 bits per heavy atom. The summed E-state index contributed by atoms with van der Waals surface area (Å²) in [7, 11) is 0.